The quantitative estimate of drug-likeness (QED) is 0.0402. The van der Waals surface area contributed by atoms with E-state index in [0.29, 0.717) is 19.3 Å². The third kappa shape index (κ3) is 31.8. The van der Waals surface area contributed by atoms with Crippen molar-refractivity contribution < 1.29 is 28.6 Å². The Kier molecular flexibility index (Phi) is 33.0. The number of carbonyl (C=O) groups excluding carboxylic acids is 3. The van der Waals surface area contributed by atoms with Crippen LogP contribution in [0.15, 0.2) is 0 Å². The number of carbonyl (C=O) groups is 3. The molecule has 0 rings (SSSR count). The van der Waals surface area contributed by atoms with Crippen LogP contribution in [-0.2, 0) is 28.6 Å². The van der Waals surface area contributed by atoms with Crippen molar-refractivity contribution in [1.29, 1.82) is 0 Å². The van der Waals surface area contributed by atoms with Crippen LogP contribution in [0, 0.1) is 0 Å². The molecule has 0 aromatic rings. The summed E-state index contributed by atoms with van der Waals surface area (Å²) >= 11 is 0. The molecule has 6 heteroatoms. The molecule has 1 atom stereocenters. The van der Waals surface area contributed by atoms with Crippen LogP contribution in [0.25, 0.3) is 0 Å². The van der Waals surface area contributed by atoms with Crippen molar-refractivity contribution in [1.82, 2.24) is 0 Å². The van der Waals surface area contributed by atoms with Crippen LogP contribution in [0.3, 0.4) is 0 Å². The second-order valence-electron chi connectivity index (χ2n) is 12.9. The Hall–Kier alpha value is -1.59. The van der Waals surface area contributed by atoms with Crippen molar-refractivity contribution in [3.8, 4) is 0 Å². The third-order valence-electron chi connectivity index (χ3n) is 8.36. The molecule has 0 amide bonds. The lowest BCUT2D eigenvalue weighted by molar-refractivity contribution is -0.167. The fourth-order valence-corrected chi connectivity index (χ4v) is 5.44. The van der Waals surface area contributed by atoms with Crippen LogP contribution in [0.2, 0.25) is 0 Å². The van der Waals surface area contributed by atoms with Crippen LogP contribution < -0.4 is 0 Å². The first-order valence-corrected chi connectivity index (χ1v) is 19.0. The maximum Gasteiger partial charge on any atom is 0.306 e. The largest absolute Gasteiger partial charge is 0.462 e. The lowest BCUT2D eigenvalue weighted by Gasteiger charge is -2.18. The predicted molar refractivity (Wildman–Crippen MR) is 183 cm³/mol. The summed E-state index contributed by atoms with van der Waals surface area (Å²) in [5, 5.41) is 0. The molecule has 0 aliphatic rings. The summed E-state index contributed by atoms with van der Waals surface area (Å²) in [6.45, 7) is 6.52. The highest BCUT2D eigenvalue weighted by atomic mass is 16.6. The van der Waals surface area contributed by atoms with E-state index in [1.807, 2.05) is 0 Å². The number of unbranched alkanes of at least 4 members (excludes halogenated alkanes) is 23. The molecule has 0 unspecified atom stereocenters. The first kappa shape index (κ1) is 42.4. The molecule has 0 aromatic heterocycles. The number of hydrogen-bond donors (Lipinski definition) is 0. The summed E-state index contributed by atoms with van der Waals surface area (Å²) in [5.41, 5.74) is 0. The molecule has 0 saturated heterocycles. The Labute approximate surface area is 272 Å². The van der Waals surface area contributed by atoms with Gasteiger partial charge in [0, 0.05) is 19.3 Å². The second-order valence-corrected chi connectivity index (χ2v) is 12.9. The van der Waals surface area contributed by atoms with Gasteiger partial charge in [-0.05, 0) is 19.3 Å². The summed E-state index contributed by atoms with van der Waals surface area (Å²) in [4.78, 5) is 37.1. The van der Waals surface area contributed by atoms with Gasteiger partial charge < -0.3 is 14.2 Å². The zero-order valence-electron chi connectivity index (χ0n) is 29.4. The average molecular weight is 625 g/mol. The van der Waals surface area contributed by atoms with Gasteiger partial charge in [0.1, 0.15) is 13.2 Å². The fraction of sp³-hybridized carbons (Fsp3) is 0.921. The van der Waals surface area contributed by atoms with Gasteiger partial charge in [0.2, 0.25) is 0 Å². The number of rotatable bonds is 34. The molecule has 0 radical (unpaired) electrons. The molecular formula is C38H72O6. The van der Waals surface area contributed by atoms with E-state index in [1.165, 1.54) is 103 Å². The van der Waals surface area contributed by atoms with Crippen LogP contribution in [0.4, 0.5) is 0 Å². The predicted octanol–water partition coefficient (Wildman–Crippen LogP) is 11.4. The minimum atomic E-state index is -0.754. The first-order valence-electron chi connectivity index (χ1n) is 19.0. The first-order chi connectivity index (χ1) is 21.5. The lowest BCUT2D eigenvalue weighted by Crippen LogP contribution is -2.30. The monoisotopic (exact) mass is 625 g/mol. The van der Waals surface area contributed by atoms with E-state index >= 15 is 0 Å². The molecule has 260 valence electrons. The molecule has 44 heavy (non-hydrogen) atoms. The molecule has 6 nitrogen and oxygen atoms in total. The Morgan fingerprint density at radius 2 is 0.614 bits per heavy atom. The Bertz CT molecular complexity index is 649. The van der Waals surface area contributed by atoms with Crippen LogP contribution in [-0.4, -0.2) is 37.2 Å². The van der Waals surface area contributed by atoms with E-state index in [-0.39, 0.29) is 31.1 Å². The van der Waals surface area contributed by atoms with E-state index in [2.05, 4.69) is 20.8 Å². The second kappa shape index (κ2) is 34.3. The maximum atomic E-state index is 12.5. The minimum Gasteiger partial charge on any atom is -0.462 e. The molecule has 0 aliphatic carbocycles. The summed E-state index contributed by atoms with van der Waals surface area (Å²) < 4.78 is 16.5. The Morgan fingerprint density at radius 3 is 0.909 bits per heavy atom. The smallest absolute Gasteiger partial charge is 0.306 e. The average Bonchev–Trinajstić information content (AvgIpc) is 3.02. The molecular weight excluding hydrogens is 552 g/mol. The standard InChI is InChI=1S/C38H72O6/c1-4-7-10-13-15-17-18-19-21-23-26-29-32-38(41)44-35(33-42-36(39)30-27-24-12-9-6-3)34-43-37(40)31-28-25-22-20-16-14-11-8-5-2/h35H,4-34H2,1-3H3/t35-/m1/s1. The van der Waals surface area contributed by atoms with Gasteiger partial charge in [0.25, 0.3) is 0 Å². The van der Waals surface area contributed by atoms with Gasteiger partial charge in [0.05, 0.1) is 0 Å². The molecule has 0 heterocycles. The zero-order valence-corrected chi connectivity index (χ0v) is 29.4. The van der Waals surface area contributed by atoms with Crippen molar-refractivity contribution in [3.63, 3.8) is 0 Å². The summed E-state index contributed by atoms with van der Waals surface area (Å²) in [6.07, 6.45) is 31.1. The summed E-state index contributed by atoms with van der Waals surface area (Å²) in [7, 11) is 0. The Morgan fingerprint density at radius 1 is 0.364 bits per heavy atom. The molecule has 0 N–H and O–H groups in total. The number of ether oxygens (including phenoxy) is 3. The van der Waals surface area contributed by atoms with Gasteiger partial charge in [-0.3, -0.25) is 14.4 Å². The Balaban J connectivity index is 4.27. The maximum absolute atomic E-state index is 12.5. The molecule has 0 fully saturated rings. The van der Waals surface area contributed by atoms with Gasteiger partial charge in [0.15, 0.2) is 6.10 Å². The van der Waals surface area contributed by atoms with Crippen molar-refractivity contribution in [2.24, 2.45) is 0 Å². The van der Waals surface area contributed by atoms with Gasteiger partial charge in [-0.2, -0.15) is 0 Å². The molecule has 0 aromatic carbocycles. The van der Waals surface area contributed by atoms with Crippen LogP contribution in [0.1, 0.15) is 207 Å². The fourth-order valence-electron chi connectivity index (χ4n) is 5.44. The molecule has 0 bridgehead atoms. The van der Waals surface area contributed by atoms with E-state index in [4.69, 9.17) is 14.2 Å². The molecule has 0 spiro atoms. The van der Waals surface area contributed by atoms with Gasteiger partial charge >= 0.3 is 17.9 Å². The zero-order chi connectivity index (χ0) is 32.4. The number of hydrogen-bond acceptors (Lipinski definition) is 6. The summed E-state index contributed by atoms with van der Waals surface area (Å²) in [6, 6.07) is 0. The third-order valence-corrected chi connectivity index (χ3v) is 8.36. The van der Waals surface area contributed by atoms with Gasteiger partial charge in [-0.1, -0.05) is 168 Å². The topological polar surface area (TPSA) is 78.9 Å². The highest BCUT2D eigenvalue weighted by Gasteiger charge is 2.19. The van der Waals surface area contributed by atoms with Gasteiger partial charge in [-0.25, -0.2) is 0 Å². The SMILES string of the molecule is CCCCCCCCCCCCCCC(=O)O[C@H](COC(=O)CCCCCCC)COC(=O)CCCCCCCCCCC. The molecule has 0 saturated carbocycles. The van der Waals surface area contributed by atoms with E-state index in [1.54, 1.807) is 0 Å². The normalized spacial score (nSPS) is 11.8. The number of esters is 3. The highest BCUT2D eigenvalue weighted by Crippen LogP contribution is 2.14. The molecule has 0 aliphatic heterocycles. The van der Waals surface area contributed by atoms with Crippen molar-refractivity contribution >= 4 is 17.9 Å². The van der Waals surface area contributed by atoms with E-state index in [9.17, 15) is 14.4 Å². The van der Waals surface area contributed by atoms with Crippen molar-refractivity contribution in [2.75, 3.05) is 13.2 Å². The lowest BCUT2D eigenvalue weighted by atomic mass is 10.0. The highest BCUT2D eigenvalue weighted by molar-refractivity contribution is 5.71. The van der Waals surface area contributed by atoms with E-state index < -0.39 is 6.10 Å². The van der Waals surface area contributed by atoms with Crippen molar-refractivity contribution in [3.05, 3.63) is 0 Å². The van der Waals surface area contributed by atoms with Crippen molar-refractivity contribution in [2.45, 2.75) is 213 Å². The summed E-state index contributed by atoms with van der Waals surface area (Å²) in [5.74, 6) is -0.880. The van der Waals surface area contributed by atoms with Gasteiger partial charge in [-0.15, -0.1) is 0 Å². The van der Waals surface area contributed by atoms with E-state index in [0.717, 1.165) is 64.2 Å². The minimum absolute atomic E-state index is 0.0653. The van der Waals surface area contributed by atoms with Crippen LogP contribution in [0.5, 0.6) is 0 Å². The van der Waals surface area contributed by atoms with Crippen LogP contribution >= 0.6 is 0 Å².